The second-order valence-corrected chi connectivity index (χ2v) is 9.23. The molecule has 1 aliphatic carbocycles. The lowest BCUT2D eigenvalue weighted by Crippen LogP contribution is -2.53. The van der Waals surface area contributed by atoms with Crippen LogP contribution in [-0.2, 0) is 18.3 Å². The van der Waals surface area contributed by atoms with E-state index >= 15 is 0 Å². The number of hydrogen-bond donors (Lipinski definition) is 0. The molecular formula is C24H25BrN2O. The first-order valence-electron chi connectivity index (χ1n) is 9.99. The van der Waals surface area contributed by atoms with Gasteiger partial charge in [0, 0.05) is 33.9 Å². The van der Waals surface area contributed by atoms with Gasteiger partial charge >= 0.3 is 0 Å². The lowest BCUT2D eigenvalue weighted by molar-refractivity contribution is 0.0987. The van der Waals surface area contributed by atoms with Crippen LogP contribution in [0.4, 0.5) is 0 Å². The fourth-order valence-electron chi connectivity index (χ4n) is 5.28. The Hall–Kier alpha value is -1.91. The molecule has 3 nitrogen and oxygen atoms in total. The highest BCUT2D eigenvalue weighted by atomic mass is 79.9. The highest BCUT2D eigenvalue weighted by molar-refractivity contribution is 9.10. The highest BCUT2D eigenvalue weighted by Gasteiger charge is 2.47. The van der Waals surface area contributed by atoms with Crippen molar-refractivity contribution in [1.82, 2.24) is 9.88 Å². The van der Waals surface area contributed by atoms with Crippen LogP contribution in [-0.4, -0.2) is 37.1 Å². The van der Waals surface area contributed by atoms with E-state index in [4.69, 9.17) is 9.72 Å². The molecule has 0 saturated carbocycles. The zero-order chi connectivity index (χ0) is 19.3. The van der Waals surface area contributed by atoms with Crippen LogP contribution >= 0.6 is 15.9 Å². The summed E-state index contributed by atoms with van der Waals surface area (Å²) >= 11 is 3.70. The molecule has 0 N–H and O–H groups in total. The number of likely N-dealkylation sites (tertiary alicyclic amines) is 1. The van der Waals surface area contributed by atoms with Gasteiger partial charge in [0.2, 0.25) is 0 Å². The zero-order valence-corrected chi connectivity index (χ0v) is 18.0. The van der Waals surface area contributed by atoms with E-state index in [1.807, 2.05) is 6.07 Å². The van der Waals surface area contributed by atoms with Crippen molar-refractivity contribution in [2.45, 2.75) is 24.7 Å². The maximum Gasteiger partial charge on any atom is 0.119 e. The molecule has 0 spiro atoms. The summed E-state index contributed by atoms with van der Waals surface area (Å²) in [7, 11) is 4.00. The Balaban J connectivity index is 1.66. The number of hydrogen-bond acceptors (Lipinski definition) is 3. The van der Waals surface area contributed by atoms with Gasteiger partial charge in [-0.2, -0.15) is 0 Å². The van der Waals surface area contributed by atoms with E-state index in [0.717, 1.165) is 41.7 Å². The van der Waals surface area contributed by atoms with Gasteiger partial charge in [-0.1, -0.05) is 34.1 Å². The van der Waals surface area contributed by atoms with Crippen molar-refractivity contribution in [2.75, 3.05) is 27.2 Å². The topological polar surface area (TPSA) is 25.4 Å². The van der Waals surface area contributed by atoms with Crippen molar-refractivity contribution < 1.29 is 4.74 Å². The van der Waals surface area contributed by atoms with Crippen molar-refractivity contribution >= 4 is 26.8 Å². The molecule has 0 radical (unpaired) electrons. The molecular weight excluding hydrogens is 412 g/mol. The summed E-state index contributed by atoms with van der Waals surface area (Å²) in [6.07, 6.45) is 3.26. The zero-order valence-electron chi connectivity index (χ0n) is 16.4. The van der Waals surface area contributed by atoms with Gasteiger partial charge in [-0.15, -0.1) is 0 Å². The number of nitrogens with zero attached hydrogens (tertiary/aromatic N) is 2. The van der Waals surface area contributed by atoms with Crippen LogP contribution in [0.1, 0.15) is 23.2 Å². The van der Waals surface area contributed by atoms with Gasteiger partial charge in [0.25, 0.3) is 0 Å². The van der Waals surface area contributed by atoms with E-state index in [0.29, 0.717) is 5.92 Å². The average molecular weight is 437 g/mol. The van der Waals surface area contributed by atoms with Gasteiger partial charge in [-0.3, -0.25) is 4.98 Å². The molecule has 0 amide bonds. The third-order valence-corrected chi connectivity index (χ3v) is 7.51. The number of methoxy groups -OCH3 is 1. The summed E-state index contributed by atoms with van der Waals surface area (Å²) in [6, 6.07) is 17.4. The van der Waals surface area contributed by atoms with Crippen molar-refractivity contribution in [1.29, 1.82) is 0 Å². The largest absolute Gasteiger partial charge is 0.497 e. The predicted octanol–water partition coefficient (Wildman–Crippen LogP) is 4.99. The van der Waals surface area contributed by atoms with Crippen molar-refractivity contribution in [3.05, 3.63) is 69.8 Å². The minimum absolute atomic E-state index is 0.140. The van der Waals surface area contributed by atoms with Gasteiger partial charge in [0.05, 0.1) is 12.6 Å². The molecule has 5 rings (SSSR count). The van der Waals surface area contributed by atoms with Crippen LogP contribution in [0, 0.1) is 5.92 Å². The fraction of sp³-hybridized carbons (Fsp3) is 0.375. The number of benzene rings is 2. The molecule has 2 atom stereocenters. The van der Waals surface area contributed by atoms with E-state index in [9.17, 15) is 0 Å². The quantitative estimate of drug-likeness (QED) is 0.565. The lowest BCUT2D eigenvalue weighted by atomic mass is 9.58. The van der Waals surface area contributed by atoms with E-state index in [-0.39, 0.29) is 5.41 Å². The second-order valence-electron chi connectivity index (χ2n) is 8.38. The van der Waals surface area contributed by atoms with E-state index in [2.05, 4.69) is 70.3 Å². The van der Waals surface area contributed by atoms with E-state index in [1.165, 1.54) is 28.6 Å². The average Bonchev–Trinajstić information content (AvgIpc) is 2.71. The van der Waals surface area contributed by atoms with Crippen LogP contribution in [0.3, 0.4) is 0 Å². The maximum atomic E-state index is 5.55. The normalized spacial score (nSPS) is 24.6. The molecule has 1 fully saturated rings. The highest BCUT2D eigenvalue weighted by Crippen LogP contribution is 2.48. The summed E-state index contributed by atoms with van der Waals surface area (Å²) in [5.74, 6) is 1.54. The Bertz CT molecular complexity index is 1050. The Morgan fingerprint density at radius 2 is 2.04 bits per heavy atom. The molecule has 1 saturated heterocycles. The number of halogens is 1. The number of ether oxygens (including phenoxy) is 1. The molecule has 1 aliphatic heterocycles. The van der Waals surface area contributed by atoms with Crippen LogP contribution < -0.4 is 4.74 Å². The first-order chi connectivity index (χ1) is 13.6. The minimum Gasteiger partial charge on any atom is -0.497 e. The van der Waals surface area contributed by atoms with Crippen LogP contribution in [0.15, 0.2) is 53.0 Å². The number of rotatable bonds is 2. The van der Waals surface area contributed by atoms with Crippen molar-refractivity contribution in [3.8, 4) is 5.75 Å². The van der Waals surface area contributed by atoms with Crippen LogP contribution in [0.5, 0.6) is 5.75 Å². The number of pyridine rings is 1. The molecule has 3 aromatic rings. The first kappa shape index (κ1) is 18.1. The molecule has 0 unspecified atom stereocenters. The van der Waals surface area contributed by atoms with Gasteiger partial charge in [-0.05, 0) is 73.8 Å². The Morgan fingerprint density at radius 1 is 1.18 bits per heavy atom. The van der Waals surface area contributed by atoms with Crippen molar-refractivity contribution in [3.63, 3.8) is 0 Å². The molecule has 2 heterocycles. The lowest BCUT2D eigenvalue weighted by Gasteiger charge is -2.50. The van der Waals surface area contributed by atoms with Gasteiger partial charge < -0.3 is 9.64 Å². The maximum absolute atomic E-state index is 5.55. The molecule has 4 heteroatoms. The molecule has 0 bridgehead atoms. The third-order valence-electron chi connectivity index (χ3n) is 6.82. The van der Waals surface area contributed by atoms with Crippen molar-refractivity contribution in [2.24, 2.45) is 5.92 Å². The summed E-state index contributed by atoms with van der Waals surface area (Å²) in [5.41, 5.74) is 5.32. The third kappa shape index (κ3) is 2.85. The van der Waals surface area contributed by atoms with Gasteiger partial charge in [0.15, 0.2) is 0 Å². The summed E-state index contributed by atoms with van der Waals surface area (Å²) in [6.45, 7) is 2.26. The first-order valence-corrected chi connectivity index (χ1v) is 10.8. The summed E-state index contributed by atoms with van der Waals surface area (Å²) in [4.78, 5) is 7.61. The van der Waals surface area contributed by atoms with E-state index in [1.54, 1.807) is 7.11 Å². The minimum atomic E-state index is 0.140. The summed E-state index contributed by atoms with van der Waals surface area (Å²) < 4.78 is 6.68. The Kier molecular flexibility index (Phi) is 4.44. The van der Waals surface area contributed by atoms with E-state index < -0.39 is 0 Å². The molecule has 2 aliphatic rings. The number of fused-ring (bicyclic) bond motifs is 3. The molecule has 144 valence electrons. The van der Waals surface area contributed by atoms with Gasteiger partial charge in [0.1, 0.15) is 5.75 Å². The van der Waals surface area contributed by atoms with Gasteiger partial charge in [-0.25, -0.2) is 0 Å². The monoisotopic (exact) mass is 436 g/mol. The number of piperidine rings is 1. The second kappa shape index (κ2) is 6.85. The Morgan fingerprint density at radius 3 is 2.89 bits per heavy atom. The molecule has 1 aromatic heterocycles. The fourth-order valence-corrected chi connectivity index (χ4v) is 5.75. The summed E-state index contributed by atoms with van der Waals surface area (Å²) in [5, 5.41) is 1.22. The SMILES string of the molecule is COc1cccc([C@@]23CCN(C)C[C@@H]2Cc2cc4c(Br)cccc4nc2C3)c1. The Labute approximate surface area is 174 Å². The van der Waals surface area contributed by atoms with Crippen LogP contribution in [0.25, 0.3) is 10.9 Å². The number of aromatic nitrogens is 1. The molecule has 28 heavy (non-hydrogen) atoms. The van der Waals surface area contributed by atoms with Crippen LogP contribution in [0.2, 0.25) is 0 Å². The smallest absolute Gasteiger partial charge is 0.119 e. The predicted molar refractivity (Wildman–Crippen MR) is 117 cm³/mol. The standard InChI is InChI=1S/C24H25BrN2O/c1-27-10-9-24(17-5-3-6-19(13-17)28-2)14-23-16(11-18(24)15-27)12-20-21(25)7-4-8-22(20)26-23/h3-8,12-13,18H,9-11,14-15H2,1-2H3/t18-,24-/m0/s1. The molecule has 2 aromatic carbocycles.